The van der Waals surface area contributed by atoms with Crippen LogP contribution in [0.5, 0.6) is 0 Å². The van der Waals surface area contributed by atoms with E-state index in [1.54, 1.807) is 4.90 Å². The van der Waals surface area contributed by atoms with Crippen LogP contribution in [0.25, 0.3) is 0 Å². The largest absolute Gasteiger partial charge is 0.444 e. The second kappa shape index (κ2) is 6.71. The molecule has 114 valence electrons. The first kappa shape index (κ1) is 15.4. The topological polar surface area (TPSA) is 29.5 Å². The molecule has 5 heteroatoms. The minimum absolute atomic E-state index is 0.264. The number of hydrogen-bond acceptors (Lipinski definition) is 2. The van der Waals surface area contributed by atoms with Gasteiger partial charge in [-0.2, -0.15) is 0 Å². The maximum absolute atomic E-state index is 12.4. The number of carbonyl (C=O) groups excluding carboxylic acids is 1. The van der Waals surface area contributed by atoms with Crippen LogP contribution in [-0.2, 0) is 17.8 Å². The number of fused-ring (bicyclic) bond motifs is 1. The lowest BCUT2D eigenvalue weighted by atomic mass is 10.0. The molecule has 0 saturated carbocycles. The number of benzene rings is 2. The third-order valence-electron chi connectivity index (χ3n) is 3.63. The van der Waals surface area contributed by atoms with E-state index in [0.717, 1.165) is 34.1 Å². The van der Waals surface area contributed by atoms with Crippen LogP contribution in [-0.4, -0.2) is 12.6 Å². The van der Waals surface area contributed by atoms with Crippen LogP contribution in [0.2, 0.25) is 5.02 Å². The lowest BCUT2D eigenvalue weighted by molar-refractivity contribution is 0.146. The highest BCUT2D eigenvalue weighted by molar-refractivity contribution is 9.10. The molecule has 0 bridgehead atoms. The Kier molecular flexibility index (Phi) is 4.69. The van der Waals surface area contributed by atoms with Crippen molar-refractivity contribution in [2.75, 3.05) is 11.4 Å². The molecule has 0 aromatic heterocycles. The van der Waals surface area contributed by atoms with E-state index >= 15 is 0 Å². The summed E-state index contributed by atoms with van der Waals surface area (Å²) in [4.78, 5) is 14.0. The van der Waals surface area contributed by atoms with E-state index in [1.165, 1.54) is 0 Å². The van der Waals surface area contributed by atoms with Crippen LogP contribution in [0.4, 0.5) is 10.5 Å². The minimum atomic E-state index is -0.353. The predicted molar refractivity (Wildman–Crippen MR) is 91.4 cm³/mol. The van der Waals surface area contributed by atoms with Crippen molar-refractivity contribution in [1.82, 2.24) is 0 Å². The van der Waals surface area contributed by atoms with Crippen molar-refractivity contribution in [3.05, 3.63) is 63.1 Å². The Morgan fingerprint density at radius 3 is 2.82 bits per heavy atom. The number of nitrogens with zero attached hydrogens (tertiary/aromatic N) is 1. The Balaban J connectivity index is 1.77. The normalized spacial score (nSPS) is 13.6. The number of amides is 1. The zero-order valence-electron chi connectivity index (χ0n) is 11.9. The van der Waals surface area contributed by atoms with Gasteiger partial charge in [0.25, 0.3) is 0 Å². The van der Waals surface area contributed by atoms with Crippen molar-refractivity contribution in [2.45, 2.75) is 19.4 Å². The molecular weight excluding hydrogens is 366 g/mol. The molecule has 1 amide bonds. The smallest absolute Gasteiger partial charge is 0.414 e. The van der Waals surface area contributed by atoms with E-state index in [2.05, 4.69) is 15.9 Å². The van der Waals surface area contributed by atoms with Crippen LogP contribution >= 0.6 is 27.5 Å². The van der Waals surface area contributed by atoms with E-state index in [1.807, 2.05) is 42.5 Å². The standard InChI is InChI=1S/C17H15BrClNO2/c18-14-9-13-7-4-8-20(16(13)15(19)10-14)17(21)22-11-12-5-2-1-3-6-12/h1-3,5-6,9-10H,4,7-8,11H2. The van der Waals surface area contributed by atoms with Crippen molar-refractivity contribution in [1.29, 1.82) is 0 Å². The van der Waals surface area contributed by atoms with Gasteiger partial charge in [-0.05, 0) is 36.1 Å². The summed E-state index contributed by atoms with van der Waals surface area (Å²) in [6, 6.07) is 13.5. The molecule has 3 rings (SSSR count). The van der Waals surface area contributed by atoms with Gasteiger partial charge in [0, 0.05) is 11.0 Å². The average Bonchev–Trinajstić information content (AvgIpc) is 2.52. The summed E-state index contributed by atoms with van der Waals surface area (Å²) in [5.41, 5.74) is 2.81. The molecule has 1 heterocycles. The molecule has 0 fully saturated rings. The Bertz CT molecular complexity index is 691. The first-order chi connectivity index (χ1) is 10.6. The fourth-order valence-electron chi connectivity index (χ4n) is 2.63. The lowest BCUT2D eigenvalue weighted by Crippen LogP contribution is -2.36. The average molecular weight is 381 g/mol. The van der Waals surface area contributed by atoms with Gasteiger partial charge in [-0.1, -0.05) is 57.9 Å². The second-order valence-electron chi connectivity index (χ2n) is 5.19. The quantitative estimate of drug-likeness (QED) is 0.717. The van der Waals surface area contributed by atoms with Crippen LogP contribution in [0.15, 0.2) is 46.9 Å². The Labute approximate surface area is 143 Å². The van der Waals surface area contributed by atoms with Gasteiger partial charge in [0.1, 0.15) is 6.61 Å². The Morgan fingerprint density at radius 1 is 1.27 bits per heavy atom. The van der Waals surface area contributed by atoms with Crippen molar-refractivity contribution in [3.8, 4) is 0 Å². The highest BCUT2D eigenvalue weighted by Crippen LogP contribution is 2.37. The third kappa shape index (κ3) is 3.28. The predicted octanol–water partition coefficient (Wildman–Crippen LogP) is 5.19. The fraction of sp³-hybridized carbons (Fsp3) is 0.235. The monoisotopic (exact) mass is 379 g/mol. The van der Waals surface area contributed by atoms with Crippen molar-refractivity contribution in [3.63, 3.8) is 0 Å². The maximum atomic E-state index is 12.4. The molecule has 0 aliphatic carbocycles. The van der Waals surface area contributed by atoms with Gasteiger partial charge in [0.05, 0.1) is 10.7 Å². The van der Waals surface area contributed by atoms with Crippen molar-refractivity contribution in [2.24, 2.45) is 0 Å². The number of halogens is 2. The number of ether oxygens (including phenoxy) is 1. The van der Waals surface area contributed by atoms with Crippen LogP contribution in [0.1, 0.15) is 17.5 Å². The number of rotatable bonds is 2. The molecule has 0 atom stereocenters. The zero-order valence-corrected chi connectivity index (χ0v) is 14.2. The van der Waals surface area contributed by atoms with Crippen LogP contribution in [0.3, 0.4) is 0 Å². The number of anilines is 1. The molecule has 2 aromatic rings. The van der Waals surface area contributed by atoms with Gasteiger partial charge in [-0.25, -0.2) is 4.79 Å². The SMILES string of the molecule is O=C(OCc1ccccc1)N1CCCc2cc(Br)cc(Cl)c21. The van der Waals surface area contributed by atoms with Gasteiger partial charge >= 0.3 is 6.09 Å². The molecule has 0 saturated heterocycles. The molecule has 1 aliphatic heterocycles. The Hall–Kier alpha value is -1.52. The molecule has 0 unspecified atom stereocenters. The number of carbonyl (C=O) groups is 1. The van der Waals surface area contributed by atoms with Gasteiger partial charge in [0.2, 0.25) is 0 Å². The first-order valence-corrected chi connectivity index (χ1v) is 8.28. The van der Waals surface area contributed by atoms with Crippen molar-refractivity contribution < 1.29 is 9.53 Å². The van der Waals surface area contributed by atoms with Crippen molar-refractivity contribution >= 4 is 39.3 Å². The zero-order chi connectivity index (χ0) is 15.5. The van der Waals surface area contributed by atoms with Crippen LogP contribution in [0, 0.1) is 0 Å². The van der Waals surface area contributed by atoms with Crippen LogP contribution < -0.4 is 4.90 Å². The summed E-state index contributed by atoms with van der Waals surface area (Å²) in [5.74, 6) is 0. The molecule has 3 nitrogen and oxygen atoms in total. The highest BCUT2D eigenvalue weighted by atomic mass is 79.9. The fourth-order valence-corrected chi connectivity index (χ4v) is 3.61. The second-order valence-corrected chi connectivity index (χ2v) is 6.51. The summed E-state index contributed by atoms with van der Waals surface area (Å²) in [6.07, 6.45) is 1.46. The van der Waals surface area contributed by atoms with E-state index in [9.17, 15) is 4.79 Å². The molecule has 22 heavy (non-hydrogen) atoms. The summed E-state index contributed by atoms with van der Waals surface area (Å²) < 4.78 is 6.35. The summed E-state index contributed by atoms with van der Waals surface area (Å²) >= 11 is 9.76. The molecule has 0 N–H and O–H groups in total. The molecule has 0 spiro atoms. The highest BCUT2D eigenvalue weighted by Gasteiger charge is 2.26. The Morgan fingerprint density at radius 2 is 2.05 bits per heavy atom. The number of aryl methyl sites for hydroxylation is 1. The molecule has 2 aromatic carbocycles. The lowest BCUT2D eigenvalue weighted by Gasteiger charge is -2.29. The van der Waals surface area contributed by atoms with Gasteiger partial charge in [0.15, 0.2) is 0 Å². The van der Waals surface area contributed by atoms with E-state index in [4.69, 9.17) is 16.3 Å². The van der Waals surface area contributed by atoms with Gasteiger partial charge < -0.3 is 4.74 Å². The maximum Gasteiger partial charge on any atom is 0.414 e. The number of hydrogen-bond donors (Lipinski definition) is 0. The van der Waals surface area contributed by atoms with E-state index in [0.29, 0.717) is 11.6 Å². The van der Waals surface area contributed by atoms with E-state index < -0.39 is 0 Å². The summed E-state index contributed by atoms with van der Waals surface area (Å²) in [6.45, 7) is 0.891. The molecular formula is C17H15BrClNO2. The first-order valence-electron chi connectivity index (χ1n) is 7.11. The third-order valence-corrected chi connectivity index (χ3v) is 4.38. The minimum Gasteiger partial charge on any atom is -0.444 e. The van der Waals surface area contributed by atoms with Gasteiger partial charge in [-0.15, -0.1) is 0 Å². The van der Waals surface area contributed by atoms with Gasteiger partial charge in [-0.3, -0.25) is 4.90 Å². The molecule has 0 radical (unpaired) electrons. The molecule has 1 aliphatic rings. The summed E-state index contributed by atoms with van der Waals surface area (Å²) in [5, 5.41) is 0.570. The summed E-state index contributed by atoms with van der Waals surface area (Å²) in [7, 11) is 0. The van der Waals surface area contributed by atoms with E-state index in [-0.39, 0.29) is 12.7 Å².